The van der Waals surface area contributed by atoms with Crippen molar-refractivity contribution in [1.29, 1.82) is 0 Å². The van der Waals surface area contributed by atoms with E-state index in [0.29, 0.717) is 5.56 Å². The number of esters is 2. The van der Waals surface area contributed by atoms with Crippen molar-refractivity contribution < 1.29 is 24.0 Å². The van der Waals surface area contributed by atoms with Crippen LogP contribution in [0.2, 0.25) is 0 Å². The average Bonchev–Trinajstić information content (AvgIpc) is 2.50. The molecule has 0 saturated carbocycles. The van der Waals surface area contributed by atoms with Crippen molar-refractivity contribution >= 4 is 17.6 Å². The second-order valence-electron chi connectivity index (χ2n) is 5.39. The molecule has 0 fully saturated rings. The van der Waals surface area contributed by atoms with Crippen molar-refractivity contribution in [3.63, 3.8) is 0 Å². The molecule has 7 nitrogen and oxygen atoms in total. The predicted molar refractivity (Wildman–Crippen MR) is 85.9 cm³/mol. The van der Waals surface area contributed by atoms with Gasteiger partial charge in [0, 0.05) is 23.3 Å². The molecule has 7 heteroatoms. The molecule has 0 spiro atoms. The molecule has 0 saturated heterocycles. The van der Waals surface area contributed by atoms with Gasteiger partial charge in [0.05, 0.1) is 4.92 Å². The van der Waals surface area contributed by atoms with Crippen LogP contribution >= 0.6 is 0 Å². The van der Waals surface area contributed by atoms with Crippen LogP contribution in [0.25, 0.3) is 0 Å². The highest BCUT2D eigenvalue weighted by molar-refractivity contribution is 5.88. The molecular formula is C17H17NO6. The number of carbonyl (C=O) groups is 2. The number of ether oxygens (including phenoxy) is 2. The van der Waals surface area contributed by atoms with Gasteiger partial charge >= 0.3 is 11.9 Å². The van der Waals surface area contributed by atoms with E-state index in [2.05, 4.69) is 23.2 Å². The summed E-state index contributed by atoms with van der Waals surface area (Å²) in [5.41, 5.74) is -0.432. The molecule has 126 valence electrons. The first kappa shape index (κ1) is 18.9. The topological polar surface area (TPSA) is 95.7 Å². The van der Waals surface area contributed by atoms with Gasteiger partial charge in [-0.2, -0.15) is 0 Å². The van der Waals surface area contributed by atoms with Crippen molar-refractivity contribution in [3.05, 3.63) is 52.1 Å². The third-order valence-electron chi connectivity index (χ3n) is 2.62. The standard InChI is InChI=1S/C17H17NO6/c1-12(2)16(20)23-11-15(19)24-17(3,4)10-9-13-5-7-14(8-6-13)18(21)22/h5-8H,1,11H2,2-4H3. The van der Waals surface area contributed by atoms with E-state index in [1.807, 2.05) is 0 Å². The zero-order valence-corrected chi connectivity index (χ0v) is 13.6. The van der Waals surface area contributed by atoms with Crippen LogP contribution < -0.4 is 0 Å². The Balaban J connectivity index is 2.66. The van der Waals surface area contributed by atoms with Gasteiger partial charge in [-0.3, -0.25) is 10.1 Å². The largest absolute Gasteiger partial charge is 0.450 e. The highest BCUT2D eigenvalue weighted by Gasteiger charge is 2.21. The summed E-state index contributed by atoms with van der Waals surface area (Å²) in [6.07, 6.45) is 0. The van der Waals surface area contributed by atoms with E-state index < -0.39 is 29.1 Å². The maximum Gasteiger partial charge on any atom is 0.345 e. The highest BCUT2D eigenvalue weighted by Crippen LogP contribution is 2.12. The minimum absolute atomic E-state index is 0.0365. The normalized spacial score (nSPS) is 10.1. The summed E-state index contributed by atoms with van der Waals surface area (Å²) in [5, 5.41) is 10.6. The maximum atomic E-state index is 11.6. The Morgan fingerprint density at radius 2 is 1.88 bits per heavy atom. The molecule has 0 amide bonds. The lowest BCUT2D eigenvalue weighted by molar-refractivity contribution is -0.384. The smallest absolute Gasteiger partial charge is 0.345 e. The third-order valence-corrected chi connectivity index (χ3v) is 2.62. The number of nitrogens with zero attached hydrogens (tertiary/aromatic N) is 1. The van der Waals surface area contributed by atoms with Crippen LogP contribution in [0.15, 0.2) is 36.4 Å². The van der Waals surface area contributed by atoms with Gasteiger partial charge in [-0.25, -0.2) is 9.59 Å². The summed E-state index contributed by atoms with van der Waals surface area (Å²) in [6, 6.07) is 5.66. The van der Waals surface area contributed by atoms with Gasteiger partial charge in [-0.05, 0) is 32.9 Å². The molecule has 0 unspecified atom stereocenters. The van der Waals surface area contributed by atoms with E-state index in [4.69, 9.17) is 4.74 Å². The fourth-order valence-electron chi connectivity index (χ4n) is 1.48. The zero-order chi connectivity index (χ0) is 18.3. The predicted octanol–water partition coefficient (Wildman–Crippen LogP) is 2.39. The van der Waals surface area contributed by atoms with Crippen molar-refractivity contribution in [2.24, 2.45) is 0 Å². The van der Waals surface area contributed by atoms with Gasteiger partial charge in [-0.15, -0.1) is 0 Å². The summed E-state index contributed by atoms with van der Waals surface area (Å²) in [5.74, 6) is 4.09. The second-order valence-corrected chi connectivity index (χ2v) is 5.39. The highest BCUT2D eigenvalue weighted by atomic mass is 16.6. The lowest BCUT2D eigenvalue weighted by Gasteiger charge is -2.18. The summed E-state index contributed by atoms with van der Waals surface area (Å²) in [6.45, 7) is 7.48. The van der Waals surface area contributed by atoms with Crippen LogP contribution in [-0.2, 0) is 19.1 Å². The van der Waals surface area contributed by atoms with E-state index in [1.54, 1.807) is 13.8 Å². The minimum atomic E-state index is -1.12. The van der Waals surface area contributed by atoms with E-state index in [9.17, 15) is 19.7 Å². The number of rotatable bonds is 5. The molecule has 0 aromatic heterocycles. The van der Waals surface area contributed by atoms with Gasteiger partial charge in [0.1, 0.15) is 0 Å². The Hall–Kier alpha value is -3.14. The first-order chi connectivity index (χ1) is 11.1. The van der Waals surface area contributed by atoms with Gasteiger partial charge in [0.2, 0.25) is 0 Å². The summed E-state index contributed by atoms with van der Waals surface area (Å²) >= 11 is 0. The molecule has 0 bridgehead atoms. The molecule has 0 aliphatic rings. The van der Waals surface area contributed by atoms with Crippen molar-refractivity contribution in [3.8, 4) is 11.8 Å². The number of hydrogen-bond donors (Lipinski definition) is 0. The minimum Gasteiger partial charge on any atom is -0.450 e. The Kier molecular flexibility index (Phi) is 6.24. The number of nitro groups is 1. The fraction of sp³-hybridized carbons (Fsp3) is 0.294. The quantitative estimate of drug-likeness (QED) is 0.270. The SMILES string of the molecule is C=C(C)C(=O)OCC(=O)OC(C)(C)C#Cc1ccc([N+](=O)[O-])cc1. The first-order valence-corrected chi connectivity index (χ1v) is 6.93. The Labute approximate surface area is 139 Å². The first-order valence-electron chi connectivity index (χ1n) is 6.93. The number of non-ortho nitro benzene ring substituents is 1. The molecule has 1 aromatic rings. The van der Waals surface area contributed by atoms with E-state index >= 15 is 0 Å². The number of carbonyl (C=O) groups excluding carboxylic acids is 2. The Morgan fingerprint density at radius 3 is 2.38 bits per heavy atom. The lowest BCUT2D eigenvalue weighted by atomic mass is 10.1. The Bertz CT molecular complexity index is 722. The molecule has 24 heavy (non-hydrogen) atoms. The van der Waals surface area contributed by atoms with Crippen LogP contribution in [-0.4, -0.2) is 29.1 Å². The molecule has 1 aromatic carbocycles. The summed E-state index contributed by atoms with van der Waals surface area (Å²) < 4.78 is 9.81. The average molecular weight is 331 g/mol. The third kappa shape index (κ3) is 6.32. The molecule has 0 aliphatic carbocycles. The van der Waals surface area contributed by atoms with Crippen LogP contribution in [0, 0.1) is 22.0 Å². The molecular weight excluding hydrogens is 314 g/mol. The monoisotopic (exact) mass is 331 g/mol. The zero-order valence-electron chi connectivity index (χ0n) is 13.6. The second kappa shape index (κ2) is 7.92. The van der Waals surface area contributed by atoms with Crippen molar-refractivity contribution in [2.75, 3.05) is 6.61 Å². The number of benzene rings is 1. The number of nitro benzene ring substituents is 1. The van der Waals surface area contributed by atoms with Gasteiger partial charge in [0.15, 0.2) is 12.2 Å². The van der Waals surface area contributed by atoms with Gasteiger partial charge < -0.3 is 9.47 Å². The van der Waals surface area contributed by atoms with E-state index in [-0.39, 0.29) is 11.3 Å². The molecule has 0 atom stereocenters. The summed E-state index contributed by atoms with van der Waals surface area (Å²) in [4.78, 5) is 32.9. The number of hydrogen-bond acceptors (Lipinski definition) is 6. The molecule has 0 aliphatic heterocycles. The Morgan fingerprint density at radius 1 is 1.29 bits per heavy atom. The summed E-state index contributed by atoms with van der Waals surface area (Å²) in [7, 11) is 0. The van der Waals surface area contributed by atoms with E-state index in [1.165, 1.54) is 31.2 Å². The fourth-order valence-corrected chi connectivity index (χ4v) is 1.48. The molecule has 0 radical (unpaired) electrons. The molecule has 0 N–H and O–H groups in total. The van der Waals surface area contributed by atoms with Crippen molar-refractivity contribution in [1.82, 2.24) is 0 Å². The van der Waals surface area contributed by atoms with E-state index in [0.717, 1.165) is 0 Å². The van der Waals surface area contributed by atoms with Crippen molar-refractivity contribution in [2.45, 2.75) is 26.4 Å². The molecule has 1 rings (SSSR count). The van der Waals surface area contributed by atoms with Crippen LogP contribution in [0.1, 0.15) is 26.3 Å². The van der Waals surface area contributed by atoms with Crippen LogP contribution in [0.5, 0.6) is 0 Å². The van der Waals surface area contributed by atoms with Crippen LogP contribution in [0.3, 0.4) is 0 Å². The lowest BCUT2D eigenvalue weighted by Crippen LogP contribution is -2.29. The van der Waals surface area contributed by atoms with Crippen LogP contribution in [0.4, 0.5) is 5.69 Å². The van der Waals surface area contributed by atoms with Gasteiger partial charge in [0.25, 0.3) is 5.69 Å². The van der Waals surface area contributed by atoms with Gasteiger partial charge in [-0.1, -0.05) is 18.4 Å². The maximum absolute atomic E-state index is 11.6. The molecule has 0 heterocycles.